The van der Waals surface area contributed by atoms with Gasteiger partial charge in [-0.2, -0.15) is 0 Å². The van der Waals surface area contributed by atoms with Crippen molar-refractivity contribution < 1.29 is 18.0 Å². The molecule has 0 spiro atoms. The highest BCUT2D eigenvalue weighted by atomic mass is 32.2. The van der Waals surface area contributed by atoms with Crippen LogP contribution in [0.5, 0.6) is 0 Å². The minimum absolute atomic E-state index is 0.129. The highest BCUT2D eigenvalue weighted by molar-refractivity contribution is 7.89. The number of amides is 2. The SMILES string of the molecule is CCCNS(=O)(=O)c1ccc(NC(=O)c2cccc(NC(=O)c3ccccc3)c2)cc1. The molecule has 0 bridgehead atoms. The molecule has 0 saturated carbocycles. The molecule has 0 heterocycles. The third-order valence-corrected chi connectivity index (χ3v) is 5.86. The molecule has 0 fully saturated rings. The molecule has 0 aliphatic rings. The summed E-state index contributed by atoms with van der Waals surface area (Å²) in [6, 6.07) is 21.3. The van der Waals surface area contributed by atoms with Crippen molar-refractivity contribution >= 4 is 33.2 Å². The maximum atomic E-state index is 12.6. The number of carbonyl (C=O) groups is 2. The lowest BCUT2D eigenvalue weighted by Gasteiger charge is -2.10. The van der Waals surface area contributed by atoms with E-state index in [1.54, 1.807) is 48.5 Å². The molecule has 0 aliphatic carbocycles. The van der Waals surface area contributed by atoms with Crippen LogP contribution < -0.4 is 15.4 Å². The summed E-state index contributed by atoms with van der Waals surface area (Å²) in [5.41, 5.74) is 1.82. The second-order valence-corrected chi connectivity index (χ2v) is 8.54. The third-order valence-electron chi connectivity index (χ3n) is 4.38. The van der Waals surface area contributed by atoms with E-state index in [1.807, 2.05) is 13.0 Å². The minimum Gasteiger partial charge on any atom is -0.322 e. The first-order chi connectivity index (χ1) is 14.9. The van der Waals surface area contributed by atoms with Crippen LogP contribution in [0.1, 0.15) is 34.1 Å². The fraction of sp³-hybridized carbons (Fsp3) is 0.130. The lowest BCUT2D eigenvalue weighted by molar-refractivity contribution is 0.101. The number of carbonyl (C=O) groups excluding carboxylic acids is 2. The number of benzene rings is 3. The largest absolute Gasteiger partial charge is 0.322 e. The van der Waals surface area contributed by atoms with Crippen molar-refractivity contribution in [2.45, 2.75) is 18.2 Å². The van der Waals surface area contributed by atoms with Crippen LogP contribution in [0.2, 0.25) is 0 Å². The standard InChI is InChI=1S/C23H23N3O4S/c1-2-15-24-31(29,30)21-13-11-19(12-14-21)25-23(28)18-9-6-10-20(16-18)26-22(27)17-7-4-3-5-8-17/h3-14,16,24H,2,15H2,1H3,(H,25,28)(H,26,27). The molecule has 0 aliphatic heterocycles. The molecular formula is C23H23N3O4S. The molecule has 160 valence electrons. The molecule has 3 aromatic carbocycles. The van der Waals surface area contributed by atoms with Crippen molar-refractivity contribution in [3.05, 3.63) is 90.0 Å². The van der Waals surface area contributed by atoms with Gasteiger partial charge < -0.3 is 10.6 Å². The first kappa shape index (κ1) is 22.2. The van der Waals surface area contributed by atoms with Crippen molar-refractivity contribution in [2.75, 3.05) is 17.2 Å². The highest BCUT2D eigenvalue weighted by Crippen LogP contribution is 2.17. The molecule has 0 unspecified atom stereocenters. The van der Waals surface area contributed by atoms with E-state index in [1.165, 1.54) is 24.3 Å². The van der Waals surface area contributed by atoms with E-state index in [-0.39, 0.29) is 16.7 Å². The van der Waals surface area contributed by atoms with Crippen molar-refractivity contribution in [3.8, 4) is 0 Å². The van der Waals surface area contributed by atoms with E-state index >= 15 is 0 Å². The van der Waals surface area contributed by atoms with Gasteiger partial charge in [-0.3, -0.25) is 9.59 Å². The van der Waals surface area contributed by atoms with Crippen LogP contribution in [0.15, 0.2) is 83.8 Å². The van der Waals surface area contributed by atoms with Crippen LogP contribution in [0.4, 0.5) is 11.4 Å². The summed E-state index contributed by atoms with van der Waals surface area (Å²) in [6.07, 6.45) is 0.693. The minimum atomic E-state index is -3.56. The summed E-state index contributed by atoms with van der Waals surface area (Å²) >= 11 is 0. The molecule has 0 aromatic heterocycles. The summed E-state index contributed by atoms with van der Waals surface area (Å²) in [4.78, 5) is 25.0. The summed E-state index contributed by atoms with van der Waals surface area (Å²) in [5.74, 6) is -0.651. The van der Waals surface area contributed by atoms with Crippen molar-refractivity contribution in [3.63, 3.8) is 0 Å². The number of hydrogen-bond donors (Lipinski definition) is 3. The lowest BCUT2D eigenvalue weighted by Crippen LogP contribution is -2.24. The second kappa shape index (κ2) is 10.0. The van der Waals surface area contributed by atoms with Gasteiger partial charge in [-0.05, 0) is 61.0 Å². The van der Waals surface area contributed by atoms with Gasteiger partial charge in [0.1, 0.15) is 0 Å². The Hall–Kier alpha value is -3.49. The van der Waals surface area contributed by atoms with Gasteiger partial charge in [0.25, 0.3) is 11.8 Å². The Balaban J connectivity index is 1.67. The van der Waals surface area contributed by atoms with Crippen LogP contribution in [0.3, 0.4) is 0 Å². The van der Waals surface area contributed by atoms with E-state index in [0.29, 0.717) is 35.5 Å². The lowest BCUT2D eigenvalue weighted by atomic mass is 10.1. The molecule has 2 amide bonds. The topological polar surface area (TPSA) is 104 Å². The van der Waals surface area contributed by atoms with E-state index in [0.717, 1.165) is 0 Å². The second-order valence-electron chi connectivity index (χ2n) is 6.78. The summed E-state index contributed by atoms with van der Waals surface area (Å²) in [5, 5.41) is 5.49. The molecule has 31 heavy (non-hydrogen) atoms. The number of anilines is 2. The molecule has 3 aromatic rings. The van der Waals surface area contributed by atoms with E-state index in [4.69, 9.17) is 0 Å². The smallest absolute Gasteiger partial charge is 0.255 e. The van der Waals surface area contributed by atoms with Crippen LogP contribution in [-0.2, 0) is 10.0 Å². The Morgan fingerprint density at radius 2 is 1.35 bits per heavy atom. The monoisotopic (exact) mass is 437 g/mol. The average molecular weight is 438 g/mol. The summed E-state index contributed by atoms with van der Waals surface area (Å²) in [7, 11) is -3.56. The molecule has 3 rings (SSSR count). The first-order valence-corrected chi connectivity index (χ1v) is 11.2. The average Bonchev–Trinajstić information content (AvgIpc) is 2.79. The molecule has 0 atom stereocenters. The predicted octanol–water partition coefficient (Wildman–Crippen LogP) is 3.88. The molecule has 7 nitrogen and oxygen atoms in total. The number of hydrogen-bond acceptors (Lipinski definition) is 4. The van der Waals surface area contributed by atoms with Gasteiger partial charge in [-0.25, -0.2) is 13.1 Å². The van der Waals surface area contributed by atoms with Crippen LogP contribution in [-0.4, -0.2) is 26.8 Å². The Labute approximate surface area is 181 Å². The Bertz CT molecular complexity index is 1160. The van der Waals surface area contributed by atoms with Gasteiger partial charge >= 0.3 is 0 Å². The fourth-order valence-electron chi connectivity index (χ4n) is 2.77. The van der Waals surface area contributed by atoms with Crippen LogP contribution in [0, 0.1) is 0 Å². The van der Waals surface area contributed by atoms with E-state index < -0.39 is 10.0 Å². The Morgan fingerprint density at radius 1 is 0.742 bits per heavy atom. The van der Waals surface area contributed by atoms with Gasteiger partial charge in [0, 0.05) is 29.0 Å². The van der Waals surface area contributed by atoms with Crippen molar-refractivity contribution in [1.82, 2.24) is 4.72 Å². The molecule has 3 N–H and O–H groups in total. The van der Waals surface area contributed by atoms with E-state index in [9.17, 15) is 18.0 Å². The predicted molar refractivity (Wildman–Crippen MR) is 121 cm³/mol. The maximum absolute atomic E-state index is 12.6. The van der Waals surface area contributed by atoms with Gasteiger partial charge in [0.05, 0.1) is 4.90 Å². The zero-order valence-electron chi connectivity index (χ0n) is 17.0. The Kier molecular flexibility index (Phi) is 7.17. The fourth-order valence-corrected chi connectivity index (χ4v) is 3.91. The van der Waals surface area contributed by atoms with Gasteiger partial charge in [0.2, 0.25) is 10.0 Å². The normalized spacial score (nSPS) is 11.0. The molecule has 8 heteroatoms. The zero-order chi connectivity index (χ0) is 22.3. The van der Waals surface area contributed by atoms with Gasteiger partial charge in [-0.1, -0.05) is 31.2 Å². The highest BCUT2D eigenvalue weighted by Gasteiger charge is 2.14. The summed E-state index contributed by atoms with van der Waals surface area (Å²) < 4.78 is 26.8. The zero-order valence-corrected chi connectivity index (χ0v) is 17.8. The Morgan fingerprint density at radius 3 is 2.03 bits per heavy atom. The van der Waals surface area contributed by atoms with Crippen LogP contribution in [0.25, 0.3) is 0 Å². The van der Waals surface area contributed by atoms with Gasteiger partial charge in [0.15, 0.2) is 0 Å². The number of nitrogens with one attached hydrogen (secondary N) is 3. The molecular weight excluding hydrogens is 414 g/mol. The first-order valence-electron chi connectivity index (χ1n) is 9.76. The molecule has 0 radical (unpaired) electrons. The number of rotatable bonds is 8. The summed E-state index contributed by atoms with van der Waals surface area (Å²) in [6.45, 7) is 2.24. The van der Waals surface area contributed by atoms with Crippen LogP contribution >= 0.6 is 0 Å². The molecule has 0 saturated heterocycles. The van der Waals surface area contributed by atoms with Crippen molar-refractivity contribution in [1.29, 1.82) is 0 Å². The maximum Gasteiger partial charge on any atom is 0.255 e. The third kappa shape index (κ3) is 6.00. The number of sulfonamides is 1. The van der Waals surface area contributed by atoms with Gasteiger partial charge in [-0.15, -0.1) is 0 Å². The quantitative estimate of drug-likeness (QED) is 0.497. The van der Waals surface area contributed by atoms with Crippen molar-refractivity contribution in [2.24, 2.45) is 0 Å². The van der Waals surface area contributed by atoms with E-state index in [2.05, 4.69) is 15.4 Å².